The Morgan fingerprint density at radius 2 is 1.69 bits per heavy atom. The third-order valence-corrected chi connectivity index (χ3v) is 6.50. The lowest BCUT2D eigenvalue weighted by Crippen LogP contribution is -2.62. The first-order valence-corrected chi connectivity index (χ1v) is 10.2. The first-order valence-electron chi connectivity index (χ1n) is 9.36. The highest BCUT2D eigenvalue weighted by molar-refractivity contribution is 9.10. The van der Waals surface area contributed by atoms with Gasteiger partial charge in [-0.15, -0.1) is 0 Å². The van der Waals surface area contributed by atoms with Gasteiger partial charge in [0.15, 0.2) is 0 Å². The molecule has 1 aliphatic rings. The lowest BCUT2D eigenvalue weighted by atomic mass is 9.59. The third kappa shape index (κ3) is 4.73. The number of halogens is 1. The highest BCUT2D eigenvalue weighted by Gasteiger charge is 2.51. The van der Waals surface area contributed by atoms with Crippen molar-refractivity contribution in [1.29, 1.82) is 0 Å². The van der Waals surface area contributed by atoms with Crippen LogP contribution in [0.25, 0.3) is 0 Å². The van der Waals surface area contributed by atoms with E-state index in [-0.39, 0.29) is 16.4 Å². The Morgan fingerprint density at radius 3 is 2.15 bits per heavy atom. The fourth-order valence-electron chi connectivity index (χ4n) is 4.04. The lowest BCUT2D eigenvalue weighted by molar-refractivity contribution is -0.0496. The van der Waals surface area contributed by atoms with Gasteiger partial charge >= 0.3 is 6.09 Å². The Labute approximate surface area is 166 Å². The first kappa shape index (κ1) is 21.1. The van der Waals surface area contributed by atoms with Crippen molar-refractivity contribution < 1.29 is 14.6 Å². The van der Waals surface area contributed by atoms with E-state index < -0.39 is 6.09 Å². The molecule has 0 heterocycles. The molecule has 1 saturated carbocycles. The molecule has 1 aromatic rings. The van der Waals surface area contributed by atoms with E-state index in [0.717, 1.165) is 35.9 Å². The van der Waals surface area contributed by atoms with Crippen LogP contribution in [0, 0.1) is 10.8 Å². The molecule has 0 unspecified atom stereocenters. The summed E-state index contributed by atoms with van der Waals surface area (Å²) in [7, 11) is 0. The third-order valence-electron chi connectivity index (χ3n) is 5.97. The molecule has 0 atom stereocenters. The number of carboxylic acid groups (broad SMARTS) is 1. The zero-order valence-electron chi connectivity index (χ0n) is 16.6. The molecule has 146 valence electrons. The Kier molecular flexibility index (Phi) is 6.32. The van der Waals surface area contributed by atoms with E-state index in [4.69, 9.17) is 4.74 Å². The molecule has 2 rings (SSSR count). The van der Waals surface area contributed by atoms with Crippen LogP contribution < -0.4 is 4.74 Å². The van der Waals surface area contributed by atoms with Crippen LogP contribution in [0.3, 0.4) is 0 Å². The summed E-state index contributed by atoms with van der Waals surface area (Å²) in [5.74, 6) is 0.758. The Morgan fingerprint density at radius 1 is 1.15 bits per heavy atom. The zero-order valence-corrected chi connectivity index (χ0v) is 18.2. The van der Waals surface area contributed by atoms with Crippen molar-refractivity contribution in [2.75, 3.05) is 13.2 Å². The van der Waals surface area contributed by atoms with Crippen molar-refractivity contribution in [3.05, 3.63) is 28.7 Å². The summed E-state index contributed by atoms with van der Waals surface area (Å²) in [6.07, 6.45) is 3.03. The van der Waals surface area contributed by atoms with Crippen molar-refractivity contribution >= 4 is 22.0 Å². The van der Waals surface area contributed by atoms with Gasteiger partial charge in [-0.3, -0.25) is 4.90 Å². The van der Waals surface area contributed by atoms with Gasteiger partial charge in [-0.25, -0.2) is 4.79 Å². The predicted molar refractivity (Wildman–Crippen MR) is 109 cm³/mol. The molecule has 1 fully saturated rings. The molecule has 1 N–H and O–H groups in total. The van der Waals surface area contributed by atoms with Crippen LogP contribution in [0.5, 0.6) is 5.75 Å². The van der Waals surface area contributed by atoms with E-state index in [0.29, 0.717) is 13.2 Å². The van der Waals surface area contributed by atoms with Crippen LogP contribution in [0.2, 0.25) is 0 Å². The highest BCUT2D eigenvalue weighted by atomic mass is 79.9. The van der Waals surface area contributed by atoms with Gasteiger partial charge in [-0.1, -0.05) is 50.5 Å². The summed E-state index contributed by atoms with van der Waals surface area (Å²) in [4.78, 5) is 13.8. The normalized spacial score (nSPS) is 19.0. The molecule has 0 bridgehead atoms. The first-order chi connectivity index (χ1) is 12.0. The molecular weight excluding hydrogens is 394 g/mol. The van der Waals surface area contributed by atoms with Gasteiger partial charge in [-0.2, -0.15) is 0 Å². The van der Waals surface area contributed by atoms with Gasteiger partial charge in [0.1, 0.15) is 12.4 Å². The van der Waals surface area contributed by atoms with E-state index in [2.05, 4.69) is 50.5 Å². The van der Waals surface area contributed by atoms with Crippen molar-refractivity contribution in [3.8, 4) is 5.75 Å². The summed E-state index contributed by atoms with van der Waals surface area (Å²) in [5, 5.41) is 9.98. The summed E-state index contributed by atoms with van der Waals surface area (Å²) < 4.78 is 6.80. The van der Waals surface area contributed by atoms with Crippen LogP contribution in [-0.2, 0) is 0 Å². The van der Waals surface area contributed by atoms with E-state index in [1.807, 2.05) is 24.3 Å². The lowest BCUT2D eigenvalue weighted by Gasteiger charge is -2.56. The number of hydrogen-bond donors (Lipinski definition) is 1. The molecule has 1 aliphatic carbocycles. The second kappa shape index (κ2) is 7.79. The van der Waals surface area contributed by atoms with Crippen LogP contribution >= 0.6 is 15.9 Å². The molecule has 0 saturated heterocycles. The van der Waals surface area contributed by atoms with Crippen LogP contribution in [0.4, 0.5) is 4.79 Å². The number of amides is 1. The minimum absolute atomic E-state index is 0.125. The molecule has 1 aromatic carbocycles. The van der Waals surface area contributed by atoms with Crippen LogP contribution in [0.15, 0.2) is 28.7 Å². The Balaban J connectivity index is 2.14. The highest BCUT2D eigenvalue weighted by Crippen LogP contribution is 2.51. The molecule has 4 nitrogen and oxygen atoms in total. The van der Waals surface area contributed by atoms with E-state index in [1.54, 1.807) is 4.90 Å². The summed E-state index contributed by atoms with van der Waals surface area (Å²) in [5.41, 5.74) is -0.191. The average Bonchev–Trinajstić information content (AvgIpc) is 2.53. The minimum atomic E-state index is -0.848. The van der Waals surface area contributed by atoms with Crippen LogP contribution in [0.1, 0.15) is 60.3 Å². The van der Waals surface area contributed by atoms with Crippen molar-refractivity contribution in [2.45, 2.75) is 65.8 Å². The van der Waals surface area contributed by atoms with E-state index in [9.17, 15) is 9.90 Å². The number of nitrogens with zero attached hydrogens (tertiary/aromatic N) is 1. The zero-order chi connectivity index (χ0) is 19.6. The topological polar surface area (TPSA) is 49.8 Å². The fourth-order valence-corrected chi connectivity index (χ4v) is 4.31. The van der Waals surface area contributed by atoms with Gasteiger partial charge in [-0.05, 0) is 60.8 Å². The quantitative estimate of drug-likeness (QED) is 0.611. The maximum Gasteiger partial charge on any atom is 0.407 e. The molecule has 0 radical (unpaired) electrons. The minimum Gasteiger partial charge on any atom is -0.492 e. The fraction of sp³-hybridized carbons (Fsp3) is 0.667. The number of ether oxygens (including phenoxy) is 1. The maximum atomic E-state index is 12.2. The molecule has 1 amide bonds. The summed E-state index contributed by atoms with van der Waals surface area (Å²) >= 11 is 3.40. The van der Waals surface area contributed by atoms with Crippen molar-refractivity contribution in [2.24, 2.45) is 10.8 Å². The van der Waals surface area contributed by atoms with Gasteiger partial charge in [0.25, 0.3) is 0 Å². The smallest absolute Gasteiger partial charge is 0.407 e. The van der Waals surface area contributed by atoms with Gasteiger partial charge in [0.05, 0.1) is 12.1 Å². The second-order valence-corrected chi connectivity index (χ2v) is 10.1. The number of carbonyl (C=O) groups is 1. The molecule has 26 heavy (non-hydrogen) atoms. The van der Waals surface area contributed by atoms with Crippen molar-refractivity contribution in [3.63, 3.8) is 0 Å². The van der Waals surface area contributed by atoms with E-state index >= 15 is 0 Å². The van der Waals surface area contributed by atoms with Gasteiger partial charge in [0, 0.05) is 4.47 Å². The van der Waals surface area contributed by atoms with E-state index in [1.165, 1.54) is 0 Å². The molecule has 5 heteroatoms. The summed E-state index contributed by atoms with van der Waals surface area (Å²) in [6.45, 7) is 11.8. The Bertz CT molecular complexity index is 609. The van der Waals surface area contributed by atoms with Gasteiger partial charge in [0.2, 0.25) is 0 Å². The number of rotatable bonds is 5. The molecule has 0 aliphatic heterocycles. The second-order valence-electron chi connectivity index (χ2n) is 9.18. The molecule has 0 spiro atoms. The number of benzene rings is 1. The molecule has 0 aromatic heterocycles. The SMILES string of the molecule is CC1(C)CCC(N(CCOc2ccc(Br)cc2)C(=O)O)(C(C)(C)C)CC1. The molecular formula is C21H32BrNO3. The van der Waals surface area contributed by atoms with Crippen LogP contribution in [-0.4, -0.2) is 34.8 Å². The number of hydrogen-bond acceptors (Lipinski definition) is 2. The average molecular weight is 426 g/mol. The Hall–Kier alpha value is -1.23. The predicted octanol–water partition coefficient (Wildman–Crippen LogP) is 6.19. The standard InChI is InChI=1S/C21H32BrNO3/c1-19(2,3)21(12-10-20(4,5)11-13-21)23(18(24)25)14-15-26-17-8-6-16(22)7-9-17/h6-9H,10-15H2,1-5H3,(H,24,25). The monoisotopic (exact) mass is 425 g/mol. The summed E-state index contributed by atoms with van der Waals surface area (Å²) in [6, 6.07) is 7.62. The van der Waals surface area contributed by atoms with Gasteiger partial charge < -0.3 is 9.84 Å². The largest absolute Gasteiger partial charge is 0.492 e. The van der Waals surface area contributed by atoms with Crippen molar-refractivity contribution in [1.82, 2.24) is 4.90 Å². The maximum absolute atomic E-state index is 12.2.